The number of unbranched alkanes of at least 4 members (excludes halogenated alkanes) is 27. The predicted molar refractivity (Wildman–Crippen MR) is 303 cm³/mol. The van der Waals surface area contributed by atoms with Crippen LogP contribution >= 0.6 is 0 Å². The molecule has 6 atom stereocenters. The Hall–Kier alpha value is -3.58. The largest absolute Gasteiger partial charge is 0.479 e. The van der Waals surface area contributed by atoms with Gasteiger partial charge in [0.2, 0.25) is 0 Å². The van der Waals surface area contributed by atoms with Gasteiger partial charge in [-0.3, -0.25) is 14.4 Å². The number of hydrogen-bond donors (Lipinski definition) is 3. The fraction of sp³-hybridized carbons (Fsp3) is 0.778. The van der Waals surface area contributed by atoms with Crippen LogP contribution in [-0.4, -0.2) is 89.2 Å². The maximum atomic E-state index is 13.1. The van der Waals surface area contributed by atoms with E-state index >= 15 is 0 Å². The molecule has 0 aromatic carbocycles. The maximum absolute atomic E-state index is 13.1. The summed E-state index contributed by atoms with van der Waals surface area (Å²) in [6.07, 6.45) is 50.4. The van der Waals surface area contributed by atoms with Crippen LogP contribution in [-0.2, 0) is 42.9 Å². The van der Waals surface area contributed by atoms with E-state index in [1.165, 1.54) is 83.5 Å². The summed E-state index contributed by atoms with van der Waals surface area (Å²) < 4.78 is 28.4. The van der Waals surface area contributed by atoms with Crippen molar-refractivity contribution in [3.05, 3.63) is 60.8 Å². The fourth-order valence-corrected chi connectivity index (χ4v) is 8.94. The van der Waals surface area contributed by atoms with E-state index in [-0.39, 0.29) is 25.9 Å². The summed E-state index contributed by atoms with van der Waals surface area (Å²) in [7, 11) is 0. The summed E-state index contributed by atoms with van der Waals surface area (Å²) in [5, 5.41) is 31.5. The number of hydrogen-bond acceptors (Lipinski definition) is 11. The number of ether oxygens (including phenoxy) is 5. The van der Waals surface area contributed by atoms with Crippen LogP contribution in [0.5, 0.6) is 0 Å². The SMILES string of the molecule is CC/C=C\C/C=C\C/C=C\C/C=C\CCCCCCCCC(=O)OCC(COC1OC(C(=O)O)C(O)C(O)C1OC(=O)CCCCCCC/C=C\CCCCCCCC)OC(=O)CCCCCCCCCCCCC. The fourth-order valence-electron chi connectivity index (χ4n) is 8.94. The highest BCUT2D eigenvalue weighted by atomic mass is 16.7. The minimum atomic E-state index is -1.91. The smallest absolute Gasteiger partial charge is 0.335 e. The molecule has 0 amide bonds. The van der Waals surface area contributed by atoms with Gasteiger partial charge in [-0.2, -0.15) is 0 Å². The van der Waals surface area contributed by atoms with E-state index in [0.717, 1.165) is 122 Å². The van der Waals surface area contributed by atoms with Gasteiger partial charge in [-0.25, -0.2) is 4.79 Å². The Balaban J connectivity index is 2.66. The Kier molecular flexibility index (Phi) is 47.4. The van der Waals surface area contributed by atoms with E-state index < -0.39 is 67.3 Å². The van der Waals surface area contributed by atoms with Gasteiger partial charge in [0.1, 0.15) is 18.8 Å². The Bertz CT molecular complexity index is 1540. The van der Waals surface area contributed by atoms with Crippen molar-refractivity contribution in [1.29, 1.82) is 0 Å². The van der Waals surface area contributed by atoms with E-state index in [0.29, 0.717) is 19.3 Å². The monoisotopic (exact) mass is 1060 g/mol. The maximum Gasteiger partial charge on any atom is 0.335 e. The molecule has 12 nitrogen and oxygen atoms in total. The second kappa shape index (κ2) is 51.2. The molecule has 0 aromatic rings. The molecule has 0 radical (unpaired) electrons. The molecule has 75 heavy (non-hydrogen) atoms. The van der Waals surface area contributed by atoms with E-state index in [4.69, 9.17) is 23.7 Å². The second-order valence-electron chi connectivity index (χ2n) is 20.6. The molecule has 6 unspecified atom stereocenters. The van der Waals surface area contributed by atoms with Gasteiger partial charge in [0, 0.05) is 19.3 Å². The van der Waals surface area contributed by atoms with Crippen molar-refractivity contribution in [3.8, 4) is 0 Å². The first-order valence-corrected chi connectivity index (χ1v) is 30.3. The quantitative estimate of drug-likeness (QED) is 0.0228. The third kappa shape index (κ3) is 41.2. The lowest BCUT2D eigenvalue weighted by atomic mass is 9.98. The number of aliphatic hydroxyl groups is 2. The van der Waals surface area contributed by atoms with Crippen LogP contribution < -0.4 is 0 Å². The van der Waals surface area contributed by atoms with Crippen LogP contribution in [0.4, 0.5) is 0 Å². The number of aliphatic hydroxyl groups excluding tert-OH is 2. The van der Waals surface area contributed by atoms with Crippen LogP contribution in [0, 0.1) is 0 Å². The van der Waals surface area contributed by atoms with Gasteiger partial charge in [0.25, 0.3) is 0 Å². The molecule has 0 spiro atoms. The molecule has 1 aliphatic rings. The van der Waals surface area contributed by atoms with E-state index in [1.807, 2.05) is 0 Å². The normalized spacial score (nSPS) is 18.5. The number of aliphatic carboxylic acids is 1. The highest BCUT2D eigenvalue weighted by molar-refractivity contribution is 5.74. The first-order chi connectivity index (χ1) is 36.6. The highest BCUT2D eigenvalue weighted by Gasteiger charge is 2.50. The Morgan fingerprint density at radius 2 is 0.840 bits per heavy atom. The van der Waals surface area contributed by atoms with Crippen LogP contribution in [0.2, 0.25) is 0 Å². The minimum absolute atomic E-state index is 0.0501. The molecule has 0 bridgehead atoms. The molecule has 0 aliphatic carbocycles. The molecule has 0 aromatic heterocycles. The number of carboxylic acids is 1. The molecule has 0 saturated carbocycles. The summed E-state index contributed by atoms with van der Waals surface area (Å²) >= 11 is 0. The van der Waals surface area contributed by atoms with E-state index in [9.17, 15) is 34.5 Å². The Morgan fingerprint density at radius 3 is 1.29 bits per heavy atom. The third-order valence-electron chi connectivity index (χ3n) is 13.6. The number of carboxylic acid groups (broad SMARTS) is 1. The average Bonchev–Trinajstić information content (AvgIpc) is 3.39. The summed E-state index contributed by atoms with van der Waals surface area (Å²) in [5.41, 5.74) is 0. The van der Waals surface area contributed by atoms with Gasteiger partial charge in [-0.05, 0) is 83.5 Å². The van der Waals surface area contributed by atoms with Crippen molar-refractivity contribution in [1.82, 2.24) is 0 Å². The van der Waals surface area contributed by atoms with E-state index in [2.05, 4.69) is 81.5 Å². The molecule has 1 fully saturated rings. The number of carbonyl (C=O) groups excluding carboxylic acids is 3. The van der Waals surface area contributed by atoms with Crippen molar-refractivity contribution in [3.63, 3.8) is 0 Å². The summed E-state index contributed by atoms with van der Waals surface area (Å²) in [5.74, 6) is -3.13. The van der Waals surface area contributed by atoms with Gasteiger partial charge >= 0.3 is 23.9 Å². The molecule has 1 heterocycles. The number of allylic oxidation sites excluding steroid dienone is 10. The lowest BCUT2D eigenvalue weighted by molar-refractivity contribution is -0.301. The predicted octanol–water partition coefficient (Wildman–Crippen LogP) is 15.6. The van der Waals surface area contributed by atoms with Gasteiger partial charge in [-0.15, -0.1) is 0 Å². The van der Waals surface area contributed by atoms with Gasteiger partial charge in [0.15, 0.2) is 24.6 Å². The molecule has 3 N–H and O–H groups in total. The Morgan fingerprint density at radius 1 is 0.453 bits per heavy atom. The third-order valence-corrected chi connectivity index (χ3v) is 13.6. The molecular weight excluding hydrogens is 949 g/mol. The standard InChI is InChI=1S/C63H108O12/c1-4-7-10-13-16-19-22-24-26-27-28-29-31-32-35-37-40-43-46-49-55(64)71-52-54(73-56(65)50-47-44-41-38-34-21-18-15-12-9-6-3)53-72-63-61(59(68)58(67)60(75-63)62(69)70)74-57(66)51-48-45-42-39-36-33-30-25-23-20-17-14-11-8-5-2/h7,10,16,19,24-26,28-30,54,58-61,63,67-68H,4-6,8-9,11-15,17-18,20-23,27,31-53H2,1-3H3,(H,69,70)/b10-7-,19-16-,26-24-,29-28-,30-25-. The Labute approximate surface area is 456 Å². The number of rotatable bonds is 51. The highest BCUT2D eigenvalue weighted by Crippen LogP contribution is 2.26. The van der Waals surface area contributed by atoms with Crippen molar-refractivity contribution >= 4 is 23.9 Å². The zero-order valence-electron chi connectivity index (χ0n) is 47.5. The molecule has 1 aliphatic heterocycles. The van der Waals surface area contributed by atoms with E-state index in [1.54, 1.807) is 0 Å². The first-order valence-electron chi connectivity index (χ1n) is 30.3. The molecular formula is C63H108O12. The number of carbonyl (C=O) groups is 4. The summed E-state index contributed by atoms with van der Waals surface area (Å²) in [4.78, 5) is 51.1. The van der Waals surface area contributed by atoms with Crippen LogP contribution in [0.15, 0.2) is 60.8 Å². The van der Waals surface area contributed by atoms with Gasteiger partial charge < -0.3 is 39.0 Å². The second-order valence-corrected chi connectivity index (χ2v) is 20.6. The average molecular weight is 1060 g/mol. The molecule has 12 heteroatoms. The molecule has 1 saturated heterocycles. The summed E-state index contributed by atoms with van der Waals surface area (Å²) in [6, 6.07) is 0. The van der Waals surface area contributed by atoms with Crippen LogP contribution in [0.3, 0.4) is 0 Å². The number of esters is 3. The zero-order chi connectivity index (χ0) is 54.7. The van der Waals surface area contributed by atoms with Crippen molar-refractivity contribution in [2.45, 2.75) is 302 Å². The van der Waals surface area contributed by atoms with Crippen molar-refractivity contribution < 1.29 is 58.2 Å². The van der Waals surface area contributed by atoms with Crippen LogP contribution in [0.1, 0.15) is 265 Å². The van der Waals surface area contributed by atoms with Gasteiger partial charge in [-0.1, -0.05) is 223 Å². The van der Waals surface area contributed by atoms with Crippen LogP contribution in [0.25, 0.3) is 0 Å². The van der Waals surface area contributed by atoms with Gasteiger partial charge in [0.05, 0.1) is 6.61 Å². The topological polar surface area (TPSA) is 175 Å². The van der Waals surface area contributed by atoms with Crippen molar-refractivity contribution in [2.24, 2.45) is 0 Å². The first kappa shape index (κ1) is 69.4. The molecule has 1 rings (SSSR count). The summed E-state index contributed by atoms with van der Waals surface area (Å²) in [6.45, 7) is 5.86. The zero-order valence-corrected chi connectivity index (χ0v) is 47.5. The lowest BCUT2D eigenvalue weighted by Gasteiger charge is -2.40. The lowest BCUT2D eigenvalue weighted by Crippen LogP contribution is -2.61. The minimum Gasteiger partial charge on any atom is -0.479 e. The van der Waals surface area contributed by atoms with Crippen molar-refractivity contribution in [2.75, 3.05) is 13.2 Å². The molecule has 432 valence electrons.